The third-order valence-corrected chi connectivity index (χ3v) is 8.45. The summed E-state index contributed by atoms with van der Waals surface area (Å²) in [6.45, 7) is 2.22. The minimum absolute atomic E-state index is 0.0701. The van der Waals surface area contributed by atoms with E-state index in [1.54, 1.807) is 17.0 Å². The minimum atomic E-state index is -3.92. The third-order valence-electron chi connectivity index (χ3n) is 5.81. The number of nitrogens with zero attached hydrogens (tertiary/aromatic N) is 2. The smallest absolute Gasteiger partial charge is 0.261 e. The Kier molecular flexibility index (Phi) is 7.16. The van der Waals surface area contributed by atoms with Crippen molar-refractivity contribution >= 4 is 59.9 Å². The molecule has 0 aliphatic rings. The first-order valence-corrected chi connectivity index (χ1v) is 14.2. The summed E-state index contributed by atoms with van der Waals surface area (Å²) in [5.41, 5.74) is 3.26. The lowest BCUT2D eigenvalue weighted by Gasteiger charge is -2.20. The van der Waals surface area contributed by atoms with Gasteiger partial charge in [-0.3, -0.25) is 14.4 Å². The maximum atomic E-state index is 13.7. The van der Waals surface area contributed by atoms with Gasteiger partial charge in [-0.25, -0.2) is 17.8 Å². The fourth-order valence-corrected chi connectivity index (χ4v) is 6.39. The van der Waals surface area contributed by atoms with Crippen LogP contribution in [0.4, 0.5) is 15.2 Å². The van der Waals surface area contributed by atoms with Crippen LogP contribution in [0.1, 0.15) is 21.5 Å². The number of sulfonamides is 1. The fraction of sp³-hybridized carbons (Fsp3) is 0.0714. The number of fused-ring (bicyclic) bond motifs is 1. The number of carbonyl (C=O) groups excluding carboxylic acids is 1. The molecular formula is C28H21ClFN3O3S2. The third kappa shape index (κ3) is 5.55. The first-order chi connectivity index (χ1) is 18.2. The zero-order valence-corrected chi connectivity index (χ0v) is 22.4. The van der Waals surface area contributed by atoms with E-state index in [0.29, 0.717) is 22.3 Å². The highest BCUT2D eigenvalue weighted by Crippen LogP contribution is 2.34. The highest BCUT2D eigenvalue weighted by atomic mass is 35.5. The normalized spacial score (nSPS) is 11.4. The van der Waals surface area contributed by atoms with Gasteiger partial charge in [0.15, 0.2) is 5.13 Å². The molecule has 1 heterocycles. The summed E-state index contributed by atoms with van der Waals surface area (Å²) in [5, 5.41) is 1.13. The molecule has 38 heavy (non-hydrogen) atoms. The van der Waals surface area contributed by atoms with E-state index < -0.39 is 15.8 Å². The number of halogens is 2. The van der Waals surface area contributed by atoms with Crippen molar-refractivity contribution < 1.29 is 17.6 Å². The average Bonchev–Trinajstić information content (AvgIpc) is 3.32. The fourth-order valence-electron chi connectivity index (χ4n) is 3.91. The molecule has 1 N–H and O–H groups in total. The highest BCUT2D eigenvalue weighted by molar-refractivity contribution is 7.92. The van der Waals surface area contributed by atoms with E-state index in [0.717, 1.165) is 33.5 Å². The van der Waals surface area contributed by atoms with Crippen LogP contribution < -0.4 is 9.62 Å². The molecule has 4 aromatic carbocycles. The number of aryl methyl sites for hydroxylation is 1. The number of anilines is 2. The van der Waals surface area contributed by atoms with Crippen LogP contribution >= 0.6 is 22.9 Å². The molecule has 6 nitrogen and oxygen atoms in total. The van der Waals surface area contributed by atoms with E-state index in [1.165, 1.54) is 35.6 Å². The number of carbonyl (C=O) groups is 1. The van der Waals surface area contributed by atoms with Gasteiger partial charge in [0.2, 0.25) is 0 Å². The molecule has 192 valence electrons. The van der Waals surface area contributed by atoms with Crippen LogP contribution in [0.5, 0.6) is 0 Å². The lowest BCUT2D eigenvalue weighted by Crippen LogP contribution is -2.30. The Hall–Kier alpha value is -3.79. The minimum Gasteiger partial charge on any atom is -0.280 e. The van der Waals surface area contributed by atoms with Crippen molar-refractivity contribution in [2.75, 3.05) is 9.62 Å². The molecule has 0 fully saturated rings. The summed E-state index contributed by atoms with van der Waals surface area (Å²) < 4.78 is 41.8. The van der Waals surface area contributed by atoms with Crippen molar-refractivity contribution in [2.45, 2.75) is 18.4 Å². The summed E-state index contributed by atoms with van der Waals surface area (Å²) in [5.74, 6) is -0.817. The Labute approximate surface area is 228 Å². The first-order valence-electron chi connectivity index (χ1n) is 11.5. The van der Waals surface area contributed by atoms with Crippen molar-refractivity contribution in [2.24, 2.45) is 0 Å². The van der Waals surface area contributed by atoms with Crippen molar-refractivity contribution in [3.63, 3.8) is 0 Å². The Balaban J connectivity index is 1.44. The maximum absolute atomic E-state index is 13.7. The molecule has 5 aromatic rings. The molecule has 1 aromatic heterocycles. The van der Waals surface area contributed by atoms with Gasteiger partial charge in [0.05, 0.1) is 21.7 Å². The Morgan fingerprint density at radius 2 is 1.68 bits per heavy atom. The standard InChI is InChI=1S/C28H21ClFN3O3S2/c1-18-15-21(29)16-25-26(18)31-28(37-25)33(17-19-5-3-2-4-6-19)27(34)20-7-11-23(12-8-20)32-38(35,36)24-13-9-22(30)10-14-24/h2-16,32H,17H2,1H3. The molecule has 0 bridgehead atoms. The second-order valence-corrected chi connectivity index (χ2v) is 11.7. The van der Waals surface area contributed by atoms with Crippen LogP contribution in [0.15, 0.2) is 95.9 Å². The van der Waals surface area contributed by atoms with Crippen LogP contribution in [0.25, 0.3) is 10.2 Å². The van der Waals surface area contributed by atoms with E-state index in [4.69, 9.17) is 16.6 Å². The number of nitrogens with one attached hydrogen (secondary N) is 1. The number of hydrogen-bond donors (Lipinski definition) is 1. The second-order valence-electron chi connectivity index (χ2n) is 8.58. The predicted molar refractivity (Wildman–Crippen MR) is 150 cm³/mol. The SMILES string of the molecule is Cc1cc(Cl)cc2sc(N(Cc3ccccc3)C(=O)c3ccc(NS(=O)(=O)c4ccc(F)cc4)cc3)nc12. The van der Waals surface area contributed by atoms with Crippen LogP contribution in [0.3, 0.4) is 0 Å². The number of amides is 1. The molecule has 0 saturated carbocycles. The molecule has 0 aliphatic heterocycles. The summed E-state index contributed by atoms with van der Waals surface area (Å²) in [6.07, 6.45) is 0. The average molecular weight is 566 g/mol. The van der Waals surface area contributed by atoms with Gasteiger partial charge in [0, 0.05) is 16.3 Å². The Bertz CT molecular complexity index is 1720. The van der Waals surface area contributed by atoms with E-state index in [2.05, 4.69) is 4.72 Å². The lowest BCUT2D eigenvalue weighted by atomic mass is 10.1. The topological polar surface area (TPSA) is 79.4 Å². The number of hydrogen-bond acceptors (Lipinski definition) is 5. The largest absolute Gasteiger partial charge is 0.280 e. The molecular weight excluding hydrogens is 545 g/mol. The molecule has 0 aliphatic carbocycles. The van der Waals surface area contributed by atoms with Gasteiger partial charge in [-0.15, -0.1) is 0 Å². The zero-order chi connectivity index (χ0) is 26.9. The highest BCUT2D eigenvalue weighted by Gasteiger charge is 2.23. The van der Waals surface area contributed by atoms with Crippen molar-refractivity contribution in [3.05, 3.63) is 119 Å². The number of benzene rings is 4. The Morgan fingerprint density at radius 3 is 2.37 bits per heavy atom. The molecule has 0 saturated heterocycles. The first kappa shape index (κ1) is 25.8. The lowest BCUT2D eigenvalue weighted by molar-refractivity contribution is 0.0985. The summed E-state index contributed by atoms with van der Waals surface area (Å²) in [7, 11) is -3.92. The van der Waals surface area contributed by atoms with Crippen LogP contribution in [0, 0.1) is 12.7 Å². The molecule has 1 amide bonds. The van der Waals surface area contributed by atoms with E-state index in [1.807, 2.05) is 49.4 Å². The number of rotatable bonds is 7. The van der Waals surface area contributed by atoms with E-state index in [9.17, 15) is 17.6 Å². The summed E-state index contributed by atoms with van der Waals surface area (Å²) >= 11 is 7.62. The van der Waals surface area contributed by atoms with E-state index in [-0.39, 0.29) is 16.5 Å². The monoisotopic (exact) mass is 565 g/mol. The molecule has 0 unspecified atom stereocenters. The van der Waals surface area contributed by atoms with Crippen LogP contribution in [0.2, 0.25) is 5.02 Å². The van der Waals surface area contributed by atoms with E-state index >= 15 is 0 Å². The van der Waals surface area contributed by atoms with Gasteiger partial charge >= 0.3 is 0 Å². The van der Waals surface area contributed by atoms with Crippen LogP contribution in [-0.2, 0) is 16.6 Å². The van der Waals surface area contributed by atoms with Gasteiger partial charge in [-0.1, -0.05) is 53.3 Å². The number of aromatic nitrogens is 1. The van der Waals surface area contributed by atoms with Crippen LogP contribution in [-0.4, -0.2) is 19.3 Å². The van der Waals surface area contributed by atoms with Gasteiger partial charge in [0.25, 0.3) is 15.9 Å². The van der Waals surface area contributed by atoms with Crippen molar-refractivity contribution in [1.82, 2.24) is 4.98 Å². The summed E-state index contributed by atoms with van der Waals surface area (Å²) in [6, 6.07) is 23.9. The van der Waals surface area contributed by atoms with Gasteiger partial charge in [-0.2, -0.15) is 0 Å². The van der Waals surface area contributed by atoms with Crippen molar-refractivity contribution in [1.29, 1.82) is 0 Å². The molecule has 10 heteroatoms. The van der Waals surface area contributed by atoms with Gasteiger partial charge in [0.1, 0.15) is 5.82 Å². The predicted octanol–water partition coefficient (Wildman–Crippen LogP) is 7.05. The molecule has 5 rings (SSSR count). The van der Waals surface area contributed by atoms with Crippen molar-refractivity contribution in [3.8, 4) is 0 Å². The molecule has 0 atom stereocenters. The summed E-state index contributed by atoms with van der Waals surface area (Å²) in [4.78, 5) is 20.0. The maximum Gasteiger partial charge on any atom is 0.261 e. The van der Waals surface area contributed by atoms with Gasteiger partial charge in [-0.05, 0) is 78.7 Å². The Morgan fingerprint density at radius 1 is 1.00 bits per heavy atom. The second kappa shape index (κ2) is 10.5. The molecule has 0 spiro atoms. The quantitative estimate of drug-likeness (QED) is 0.229. The molecule has 0 radical (unpaired) electrons. The van der Waals surface area contributed by atoms with Gasteiger partial charge < -0.3 is 0 Å². The zero-order valence-electron chi connectivity index (χ0n) is 20.1. The number of thiazole rings is 1.